The number of carbonyl (C=O) groups is 2. The van der Waals surface area contributed by atoms with Crippen molar-refractivity contribution in [3.8, 4) is 0 Å². The fourth-order valence-electron chi connectivity index (χ4n) is 1.52. The molecule has 0 fully saturated rings. The van der Waals surface area contributed by atoms with E-state index in [1.165, 1.54) is 0 Å². The molecule has 0 bridgehead atoms. The standard InChI is InChI=1S/C16H22N4O4/c1-5-23-15(21)11(3)17-19-13-8-7-9-14(10-13)20-18-12(4)16(22)24-6-2/h7-10,19-20H,5-6H2,1-4H3/b17-11-,18-12-. The summed E-state index contributed by atoms with van der Waals surface area (Å²) in [6, 6.07) is 7.04. The Balaban J connectivity index is 2.70. The van der Waals surface area contributed by atoms with Crippen molar-refractivity contribution >= 4 is 34.7 Å². The minimum atomic E-state index is -0.478. The van der Waals surface area contributed by atoms with Crippen molar-refractivity contribution in [2.45, 2.75) is 27.7 Å². The van der Waals surface area contributed by atoms with Gasteiger partial charge in [-0.25, -0.2) is 9.59 Å². The first-order valence-electron chi connectivity index (χ1n) is 7.52. The Bertz CT molecular complexity index is 589. The van der Waals surface area contributed by atoms with Gasteiger partial charge in [0.2, 0.25) is 0 Å². The van der Waals surface area contributed by atoms with E-state index in [0.717, 1.165) is 0 Å². The van der Waals surface area contributed by atoms with Gasteiger partial charge in [0.1, 0.15) is 11.4 Å². The highest BCUT2D eigenvalue weighted by Crippen LogP contribution is 2.15. The Morgan fingerprint density at radius 2 is 1.33 bits per heavy atom. The first kappa shape index (κ1) is 19.1. The molecule has 0 amide bonds. The van der Waals surface area contributed by atoms with Crippen molar-refractivity contribution in [2.75, 3.05) is 24.1 Å². The van der Waals surface area contributed by atoms with Crippen LogP contribution in [0.15, 0.2) is 34.5 Å². The summed E-state index contributed by atoms with van der Waals surface area (Å²) in [7, 11) is 0. The zero-order valence-electron chi connectivity index (χ0n) is 14.3. The number of hydrogen-bond donors (Lipinski definition) is 2. The number of hydrogen-bond acceptors (Lipinski definition) is 8. The van der Waals surface area contributed by atoms with Crippen LogP contribution in [0.5, 0.6) is 0 Å². The first-order chi connectivity index (χ1) is 11.5. The van der Waals surface area contributed by atoms with E-state index in [2.05, 4.69) is 21.1 Å². The Morgan fingerprint density at radius 3 is 1.71 bits per heavy atom. The van der Waals surface area contributed by atoms with Crippen LogP contribution in [-0.4, -0.2) is 36.6 Å². The van der Waals surface area contributed by atoms with Gasteiger partial charge in [-0.15, -0.1) is 0 Å². The Labute approximate surface area is 140 Å². The Morgan fingerprint density at radius 1 is 0.917 bits per heavy atom. The number of ether oxygens (including phenoxy) is 2. The van der Waals surface area contributed by atoms with Crippen molar-refractivity contribution in [3.63, 3.8) is 0 Å². The zero-order valence-corrected chi connectivity index (χ0v) is 14.3. The van der Waals surface area contributed by atoms with Gasteiger partial charge < -0.3 is 9.47 Å². The average molecular weight is 334 g/mol. The lowest BCUT2D eigenvalue weighted by Crippen LogP contribution is -2.15. The number of nitrogens with one attached hydrogen (secondary N) is 2. The maximum atomic E-state index is 11.5. The Hall–Kier alpha value is -2.90. The summed E-state index contributed by atoms with van der Waals surface area (Å²) in [6.45, 7) is 7.16. The maximum absolute atomic E-state index is 11.5. The van der Waals surface area contributed by atoms with Gasteiger partial charge in [0.05, 0.1) is 24.6 Å². The second-order valence-corrected chi connectivity index (χ2v) is 4.64. The fraction of sp³-hybridized carbons (Fsp3) is 0.375. The van der Waals surface area contributed by atoms with Gasteiger partial charge in [0, 0.05) is 0 Å². The van der Waals surface area contributed by atoms with E-state index in [1.54, 1.807) is 52.0 Å². The fourth-order valence-corrected chi connectivity index (χ4v) is 1.52. The molecule has 0 unspecified atom stereocenters. The molecule has 0 saturated heterocycles. The van der Waals surface area contributed by atoms with Gasteiger partial charge in [-0.1, -0.05) is 6.07 Å². The number of hydrazone groups is 2. The minimum Gasteiger partial charge on any atom is -0.461 e. The van der Waals surface area contributed by atoms with Crippen LogP contribution in [0.4, 0.5) is 11.4 Å². The van der Waals surface area contributed by atoms with Crippen molar-refractivity contribution in [2.24, 2.45) is 10.2 Å². The van der Waals surface area contributed by atoms with Crippen LogP contribution in [0, 0.1) is 0 Å². The Kier molecular flexibility index (Phi) is 7.97. The van der Waals surface area contributed by atoms with Crippen LogP contribution in [0.2, 0.25) is 0 Å². The second kappa shape index (κ2) is 9.98. The third kappa shape index (κ3) is 6.47. The molecule has 1 rings (SSSR count). The monoisotopic (exact) mass is 334 g/mol. The molecule has 0 aliphatic carbocycles. The molecule has 8 nitrogen and oxygen atoms in total. The molecule has 0 spiro atoms. The van der Waals surface area contributed by atoms with E-state index in [4.69, 9.17) is 9.47 Å². The number of anilines is 2. The van der Waals surface area contributed by atoms with E-state index < -0.39 is 11.9 Å². The van der Waals surface area contributed by atoms with E-state index >= 15 is 0 Å². The SMILES string of the molecule is CCOC(=O)/C(C)=N\Nc1cccc(N/N=C(/C)C(=O)OCC)c1. The molecule has 8 heteroatoms. The van der Waals surface area contributed by atoms with Crippen LogP contribution in [0.25, 0.3) is 0 Å². The molecular formula is C16H22N4O4. The van der Waals surface area contributed by atoms with Gasteiger partial charge in [-0.05, 0) is 45.9 Å². The zero-order chi connectivity index (χ0) is 17.9. The van der Waals surface area contributed by atoms with Crippen LogP contribution in [0.1, 0.15) is 27.7 Å². The van der Waals surface area contributed by atoms with Crippen molar-refractivity contribution in [1.82, 2.24) is 0 Å². The van der Waals surface area contributed by atoms with Crippen LogP contribution >= 0.6 is 0 Å². The van der Waals surface area contributed by atoms with E-state index in [1.807, 2.05) is 0 Å². The molecule has 0 saturated carbocycles. The minimum absolute atomic E-state index is 0.214. The topological polar surface area (TPSA) is 101 Å². The molecule has 1 aromatic rings. The summed E-state index contributed by atoms with van der Waals surface area (Å²) >= 11 is 0. The molecule has 0 heterocycles. The lowest BCUT2D eigenvalue weighted by atomic mass is 10.3. The summed E-state index contributed by atoms with van der Waals surface area (Å²) in [6.07, 6.45) is 0. The number of nitrogens with zero attached hydrogens (tertiary/aromatic N) is 2. The first-order valence-corrected chi connectivity index (χ1v) is 7.52. The molecule has 24 heavy (non-hydrogen) atoms. The third-order valence-electron chi connectivity index (χ3n) is 2.71. The summed E-state index contributed by atoms with van der Waals surface area (Å²) in [5.41, 5.74) is 7.24. The largest absolute Gasteiger partial charge is 0.461 e. The van der Waals surface area contributed by atoms with E-state index in [-0.39, 0.29) is 11.4 Å². The molecule has 1 aromatic carbocycles. The quantitative estimate of drug-likeness (QED) is 0.430. The highest BCUT2D eigenvalue weighted by molar-refractivity contribution is 6.35. The molecule has 0 aromatic heterocycles. The maximum Gasteiger partial charge on any atom is 0.354 e. The van der Waals surface area contributed by atoms with E-state index in [9.17, 15) is 9.59 Å². The van der Waals surface area contributed by atoms with Crippen LogP contribution < -0.4 is 10.9 Å². The molecule has 0 atom stereocenters. The lowest BCUT2D eigenvalue weighted by Gasteiger charge is -2.06. The van der Waals surface area contributed by atoms with Gasteiger partial charge in [0.25, 0.3) is 0 Å². The third-order valence-corrected chi connectivity index (χ3v) is 2.71. The van der Waals surface area contributed by atoms with Gasteiger partial charge in [-0.3, -0.25) is 10.9 Å². The lowest BCUT2D eigenvalue weighted by molar-refractivity contribution is -0.135. The van der Waals surface area contributed by atoms with Gasteiger partial charge in [-0.2, -0.15) is 10.2 Å². The second-order valence-electron chi connectivity index (χ2n) is 4.64. The molecule has 0 radical (unpaired) electrons. The predicted octanol–water partition coefficient (Wildman–Crippen LogP) is 2.39. The summed E-state index contributed by atoms with van der Waals surface area (Å²) < 4.78 is 9.68. The van der Waals surface area contributed by atoms with Crippen molar-refractivity contribution in [1.29, 1.82) is 0 Å². The number of rotatable bonds is 8. The molecule has 130 valence electrons. The summed E-state index contributed by atoms with van der Waals surface area (Å²) in [5, 5.41) is 7.91. The summed E-state index contributed by atoms with van der Waals surface area (Å²) in [4.78, 5) is 22.9. The highest BCUT2D eigenvalue weighted by Gasteiger charge is 2.07. The number of carbonyl (C=O) groups excluding carboxylic acids is 2. The number of esters is 2. The van der Waals surface area contributed by atoms with E-state index in [0.29, 0.717) is 24.6 Å². The summed E-state index contributed by atoms with van der Waals surface area (Å²) in [5.74, 6) is -0.956. The average Bonchev–Trinajstić information content (AvgIpc) is 2.58. The van der Waals surface area contributed by atoms with Crippen LogP contribution in [-0.2, 0) is 19.1 Å². The van der Waals surface area contributed by atoms with Crippen LogP contribution in [0.3, 0.4) is 0 Å². The predicted molar refractivity (Wildman–Crippen MR) is 93.2 cm³/mol. The normalized spacial score (nSPS) is 11.7. The number of benzene rings is 1. The molecule has 0 aliphatic heterocycles. The molecular weight excluding hydrogens is 312 g/mol. The van der Waals surface area contributed by atoms with Gasteiger partial charge >= 0.3 is 11.9 Å². The molecule has 0 aliphatic rings. The highest BCUT2D eigenvalue weighted by atomic mass is 16.5. The molecule has 2 N–H and O–H groups in total. The van der Waals surface area contributed by atoms with Gasteiger partial charge in [0.15, 0.2) is 0 Å². The smallest absolute Gasteiger partial charge is 0.354 e. The van der Waals surface area contributed by atoms with Crippen molar-refractivity contribution in [3.05, 3.63) is 24.3 Å². The van der Waals surface area contributed by atoms with Crippen molar-refractivity contribution < 1.29 is 19.1 Å².